The van der Waals surface area contributed by atoms with Crippen LogP contribution in [0.25, 0.3) is 10.9 Å². The first-order valence-corrected chi connectivity index (χ1v) is 7.02. The Morgan fingerprint density at radius 1 is 1.14 bits per heavy atom. The number of nitrogens with one attached hydrogen (secondary N) is 1. The van der Waals surface area contributed by atoms with Crippen molar-refractivity contribution in [3.63, 3.8) is 0 Å². The number of rotatable bonds is 4. The molecule has 1 N–H and O–H groups in total. The van der Waals surface area contributed by atoms with Crippen LogP contribution in [0.5, 0.6) is 5.75 Å². The molecule has 0 bridgehead atoms. The molecule has 0 aliphatic rings. The van der Waals surface area contributed by atoms with Crippen LogP contribution in [0.1, 0.15) is 28.4 Å². The van der Waals surface area contributed by atoms with Crippen molar-refractivity contribution in [1.29, 1.82) is 0 Å². The maximum absolute atomic E-state index is 12.8. The van der Waals surface area contributed by atoms with E-state index in [0.717, 1.165) is 34.2 Å². The van der Waals surface area contributed by atoms with Gasteiger partial charge >= 0.3 is 0 Å². The zero-order valence-electron chi connectivity index (χ0n) is 12.1. The minimum Gasteiger partial charge on any atom is -0.497 e. The second-order valence-electron chi connectivity index (χ2n) is 4.95. The van der Waals surface area contributed by atoms with E-state index in [2.05, 4.69) is 11.9 Å². The molecule has 0 aliphatic heterocycles. The summed E-state index contributed by atoms with van der Waals surface area (Å²) >= 11 is 0. The average Bonchev–Trinajstić information content (AvgIpc) is 2.97. The maximum atomic E-state index is 12.8. The molecule has 2 aromatic carbocycles. The fourth-order valence-electron chi connectivity index (χ4n) is 2.61. The summed E-state index contributed by atoms with van der Waals surface area (Å²) in [5, 5.41) is 0.894. The third-order valence-electron chi connectivity index (χ3n) is 3.78. The number of aromatic nitrogens is 1. The van der Waals surface area contributed by atoms with Crippen LogP contribution < -0.4 is 4.74 Å². The lowest BCUT2D eigenvalue weighted by molar-refractivity contribution is 0.103. The van der Waals surface area contributed by atoms with Crippen LogP contribution in [0.4, 0.5) is 0 Å². The molecule has 0 amide bonds. The Morgan fingerprint density at radius 3 is 2.71 bits per heavy atom. The van der Waals surface area contributed by atoms with Gasteiger partial charge in [-0.15, -0.1) is 0 Å². The molecule has 0 radical (unpaired) electrons. The number of methoxy groups -OCH3 is 1. The van der Waals surface area contributed by atoms with Gasteiger partial charge in [0.1, 0.15) is 5.75 Å². The van der Waals surface area contributed by atoms with Crippen LogP contribution in [-0.2, 0) is 6.42 Å². The second-order valence-corrected chi connectivity index (χ2v) is 4.95. The van der Waals surface area contributed by atoms with Crippen molar-refractivity contribution in [1.82, 2.24) is 4.98 Å². The molecule has 0 saturated carbocycles. The first-order chi connectivity index (χ1) is 10.2. The predicted molar refractivity (Wildman–Crippen MR) is 84.1 cm³/mol. The van der Waals surface area contributed by atoms with E-state index in [-0.39, 0.29) is 5.78 Å². The molecule has 21 heavy (non-hydrogen) atoms. The number of aromatic amines is 1. The van der Waals surface area contributed by atoms with Crippen molar-refractivity contribution in [3.8, 4) is 5.75 Å². The van der Waals surface area contributed by atoms with Crippen LogP contribution in [0, 0.1) is 0 Å². The van der Waals surface area contributed by atoms with Gasteiger partial charge in [-0.05, 0) is 30.2 Å². The van der Waals surface area contributed by atoms with E-state index in [9.17, 15) is 4.79 Å². The van der Waals surface area contributed by atoms with E-state index in [0.29, 0.717) is 5.56 Å². The standard InChI is InChI=1S/C18H17NO2/c1-3-12-6-4-5-7-14(12)18(20)16-11-19-17-9-8-13(21-2)10-15(16)17/h4-11,19H,3H2,1-2H3. The molecular weight excluding hydrogens is 262 g/mol. The number of carbonyl (C=O) groups is 1. The van der Waals surface area contributed by atoms with Gasteiger partial charge in [0, 0.05) is 28.2 Å². The van der Waals surface area contributed by atoms with Crippen LogP contribution in [0.2, 0.25) is 0 Å². The Balaban J connectivity index is 2.13. The highest BCUT2D eigenvalue weighted by atomic mass is 16.5. The summed E-state index contributed by atoms with van der Waals surface area (Å²) in [6.07, 6.45) is 2.62. The summed E-state index contributed by atoms with van der Waals surface area (Å²) in [6.45, 7) is 2.06. The number of benzene rings is 2. The SMILES string of the molecule is CCc1ccccc1C(=O)c1c[nH]c2ccc(OC)cc12. The molecular formula is C18H17NO2. The van der Waals surface area contributed by atoms with Gasteiger partial charge in [-0.3, -0.25) is 4.79 Å². The zero-order valence-corrected chi connectivity index (χ0v) is 12.1. The van der Waals surface area contributed by atoms with Crippen LogP contribution in [0.15, 0.2) is 48.7 Å². The molecule has 0 saturated heterocycles. The van der Waals surface area contributed by atoms with Gasteiger partial charge in [0.15, 0.2) is 5.78 Å². The van der Waals surface area contributed by atoms with Crippen molar-refractivity contribution in [2.75, 3.05) is 7.11 Å². The molecule has 1 aromatic heterocycles. The largest absolute Gasteiger partial charge is 0.497 e. The van der Waals surface area contributed by atoms with Gasteiger partial charge in [-0.25, -0.2) is 0 Å². The van der Waals surface area contributed by atoms with Gasteiger partial charge in [0.25, 0.3) is 0 Å². The Hall–Kier alpha value is -2.55. The molecule has 0 atom stereocenters. The van der Waals surface area contributed by atoms with Crippen molar-refractivity contribution < 1.29 is 9.53 Å². The molecule has 3 nitrogen and oxygen atoms in total. The van der Waals surface area contributed by atoms with E-state index in [1.807, 2.05) is 42.5 Å². The number of hydrogen-bond donors (Lipinski definition) is 1. The molecule has 106 valence electrons. The van der Waals surface area contributed by atoms with Crippen molar-refractivity contribution in [2.45, 2.75) is 13.3 Å². The number of carbonyl (C=O) groups excluding carboxylic acids is 1. The highest BCUT2D eigenvalue weighted by Gasteiger charge is 2.16. The second kappa shape index (κ2) is 5.44. The van der Waals surface area contributed by atoms with E-state index in [1.165, 1.54) is 0 Å². The first kappa shape index (κ1) is 13.4. The van der Waals surface area contributed by atoms with Gasteiger partial charge in [0.05, 0.1) is 7.11 Å². The minimum atomic E-state index is 0.0481. The lowest BCUT2D eigenvalue weighted by Gasteiger charge is -2.06. The Labute approximate surface area is 123 Å². The third-order valence-corrected chi connectivity index (χ3v) is 3.78. The number of fused-ring (bicyclic) bond motifs is 1. The lowest BCUT2D eigenvalue weighted by atomic mass is 9.97. The van der Waals surface area contributed by atoms with Gasteiger partial charge in [-0.2, -0.15) is 0 Å². The fourth-order valence-corrected chi connectivity index (χ4v) is 2.61. The molecule has 3 aromatic rings. The molecule has 0 aliphatic carbocycles. The summed E-state index contributed by atoms with van der Waals surface area (Å²) in [5.41, 5.74) is 3.46. The quantitative estimate of drug-likeness (QED) is 0.734. The number of H-pyrrole nitrogens is 1. The molecule has 0 spiro atoms. The summed E-state index contributed by atoms with van der Waals surface area (Å²) in [4.78, 5) is 16.0. The summed E-state index contributed by atoms with van der Waals surface area (Å²) in [6, 6.07) is 13.5. The van der Waals surface area contributed by atoms with Crippen molar-refractivity contribution >= 4 is 16.7 Å². The smallest absolute Gasteiger partial charge is 0.195 e. The van der Waals surface area contributed by atoms with Crippen LogP contribution in [-0.4, -0.2) is 17.9 Å². The summed E-state index contributed by atoms with van der Waals surface area (Å²) in [7, 11) is 1.63. The minimum absolute atomic E-state index is 0.0481. The predicted octanol–water partition coefficient (Wildman–Crippen LogP) is 3.97. The normalized spacial score (nSPS) is 10.8. The number of hydrogen-bond acceptors (Lipinski definition) is 2. The van der Waals surface area contributed by atoms with E-state index >= 15 is 0 Å². The molecule has 0 fully saturated rings. The van der Waals surface area contributed by atoms with Gasteiger partial charge < -0.3 is 9.72 Å². The fraction of sp³-hybridized carbons (Fsp3) is 0.167. The highest BCUT2D eigenvalue weighted by Crippen LogP contribution is 2.26. The summed E-state index contributed by atoms with van der Waals surface area (Å²) < 4.78 is 5.25. The average molecular weight is 279 g/mol. The number of aryl methyl sites for hydroxylation is 1. The Bertz CT molecular complexity index is 802. The number of ketones is 1. The number of ether oxygens (including phenoxy) is 1. The van der Waals surface area contributed by atoms with Crippen molar-refractivity contribution in [2.24, 2.45) is 0 Å². The maximum Gasteiger partial charge on any atom is 0.195 e. The molecule has 3 heteroatoms. The van der Waals surface area contributed by atoms with E-state index < -0.39 is 0 Å². The Kier molecular flexibility index (Phi) is 3.48. The molecule has 1 heterocycles. The first-order valence-electron chi connectivity index (χ1n) is 7.02. The van der Waals surface area contributed by atoms with Gasteiger partial charge in [0.2, 0.25) is 0 Å². The topological polar surface area (TPSA) is 42.1 Å². The lowest BCUT2D eigenvalue weighted by Crippen LogP contribution is -2.04. The summed E-state index contributed by atoms with van der Waals surface area (Å²) in [5.74, 6) is 0.798. The highest BCUT2D eigenvalue weighted by molar-refractivity contribution is 6.17. The van der Waals surface area contributed by atoms with E-state index in [4.69, 9.17) is 4.74 Å². The molecule has 0 unspecified atom stereocenters. The monoisotopic (exact) mass is 279 g/mol. The van der Waals surface area contributed by atoms with Crippen LogP contribution >= 0.6 is 0 Å². The van der Waals surface area contributed by atoms with Crippen molar-refractivity contribution in [3.05, 3.63) is 65.4 Å². The van der Waals surface area contributed by atoms with Crippen LogP contribution in [0.3, 0.4) is 0 Å². The molecule has 3 rings (SSSR count). The third kappa shape index (κ3) is 2.31. The Morgan fingerprint density at radius 2 is 1.95 bits per heavy atom. The van der Waals surface area contributed by atoms with Gasteiger partial charge in [-0.1, -0.05) is 31.2 Å². The zero-order chi connectivity index (χ0) is 14.8. The van der Waals surface area contributed by atoms with E-state index in [1.54, 1.807) is 13.3 Å².